The summed E-state index contributed by atoms with van der Waals surface area (Å²) in [7, 11) is 0. The minimum atomic E-state index is 0.657. The first kappa shape index (κ1) is 13.3. The second-order valence-corrected chi connectivity index (χ2v) is 4.18. The van der Waals surface area contributed by atoms with E-state index < -0.39 is 0 Å². The van der Waals surface area contributed by atoms with Crippen molar-refractivity contribution in [1.29, 1.82) is 0 Å². The van der Waals surface area contributed by atoms with Crippen molar-refractivity contribution in [2.24, 2.45) is 0 Å². The molecule has 1 rings (SSSR count). The molecule has 1 aromatic heterocycles. The topological polar surface area (TPSA) is 25.4 Å². The van der Waals surface area contributed by atoms with Crippen LogP contribution in [0.5, 0.6) is 5.88 Å². The van der Waals surface area contributed by atoms with E-state index >= 15 is 0 Å². The molecule has 0 amide bonds. The molecule has 0 N–H and O–H groups in total. The molecule has 0 spiro atoms. The van der Waals surface area contributed by atoms with Crippen LogP contribution in [0, 0.1) is 0 Å². The molecule has 0 radical (unpaired) electrons. The van der Waals surface area contributed by atoms with Crippen molar-refractivity contribution in [3.63, 3.8) is 0 Å². The minimum Gasteiger partial charge on any atom is -0.478 e. The van der Waals surface area contributed by atoms with Crippen LogP contribution in [0.2, 0.25) is 0 Å². The monoisotopic (exact) mass is 286 g/mol. The Morgan fingerprint density at radius 3 is 2.81 bits per heavy atom. The van der Waals surface area contributed by atoms with E-state index in [9.17, 15) is 0 Å². The van der Waals surface area contributed by atoms with Crippen LogP contribution in [0.25, 0.3) is 0 Å². The maximum Gasteiger partial charge on any atom is 0.215 e. The van der Waals surface area contributed by atoms with Crippen LogP contribution >= 0.6 is 15.9 Å². The van der Waals surface area contributed by atoms with Gasteiger partial charge in [0.1, 0.15) is 5.82 Å². The number of halogens is 1. The van der Waals surface area contributed by atoms with Gasteiger partial charge < -0.3 is 9.64 Å². The standard InChI is InChI=1S/C12H19BrN2O/c1-3-15(10-6-9-13)11-7-5-8-12(14-11)16-4-2/h5,7-8H,3-4,6,9-10H2,1-2H3. The number of rotatable bonds is 7. The van der Waals surface area contributed by atoms with Crippen molar-refractivity contribution in [3.05, 3.63) is 18.2 Å². The summed E-state index contributed by atoms with van der Waals surface area (Å²) in [6.07, 6.45) is 1.12. The zero-order valence-corrected chi connectivity index (χ0v) is 11.5. The third kappa shape index (κ3) is 4.00. The van der Waals surface area contributed by atoms with Gasteiger partial charge in [-0.2, -0.15) is 4.98 Å². The van der Waals surface area contributed by atoms with Crippen molar-refractivity contribution in [3.8, 4) is 5.88 Å². The van der Waals surface area contributed by atoms with E-state index in [1.54, 1.807) is 0 Å². The second-order valence-electron chi connectivity index (χ2n) is 3.39. The Morgan fingerprint density at radius 2 is 2.19 bits per heavy atom. The van der Waals surface area contributed by atoms with Gasteiger partial charge in [0.15, 0.2) is 0 Å². The van der Waals surface area contributed by atoms with Crippen LogP contribution in [0.1, 0.15) is 20.3 Å². The SMILES string of the molecule is CCOc1cccc(N(CC)CCCBr)n1. The van der Waals surface area contributed by atoms with Crippen molar-refractivity contribution < 1.29 is 4.74 Å². The Balaban J connectivity index is 2.71. The van der Waals surface area contributed by atoms with Gasteiger partial charge in [-0.25, -0.2) is 0 Å². The number of pyridine rings is 1. The van der Waals surface area contributed by atoms with E-state index in [0.717, 1.165) is 30.7 Å². The molecule has 0 unspecified atom stereocenters. The predicted molar refractivity (Wildman–Crippen MR) is 71.7 cm³/mol. The quantitative estimate of drug-likeness (QED) is 0.721. The van der Waals surface area contributed by atoms with Crippen LogP contribution < -0.4 is 9.64 Å². The average Bonchev–Trinajstić information content (AvgIpc) is 2.31. The van der Waals surface area contributed by atoms with Crippen LogP contribution in [0.3, 0.4) is 0 Å². The molecule has 0 fully saturated rings. The van der Waals surface area contributed by atoms with Gasteiger partial charge in [0.25, 0.3) is 0 Å². The fourth-order valence-electron chi connectivity index (χ4n) is 1.49. The first-order valence-corrected chi connectivity index (χ1v) is 6.84. The number of nitrogens with zero attached hydrogens (tertiary/aromatic N) is 2. The van der Waals surface area contributed by atoms with Gasteiger partial charge in [0.05, 0.1) is 6.61 Å². The lowest BCUT2D eigenvalue weighted by Gasteiger charge is -2.21. The molecule has 0 aliphatic rings. The molecule has 0 aliphatic heterocycles. The normalized spacial score (nSPS) is 10.2. The van der Waals surface area contributed by atoms with E-state index in [0.29, 0.717) is 12.5 Å². The van der Waals surface area contributed by atoms with Gasteiger partial charge in [0.2, 0.25) is 5.88 Å². The Morgan fingerprint density at radius 1 is 1.38 bits per heavy atom. The third-order valence-corrected chi connectivity index (χ3v) is 2.83. The highest BCUT2D eigenvalue weighted by Gasteiger charge is 2.06. The summed E-state index contributed by atoms with van der Waals surface area (Å²) in [5.74, 6) is 1.70. The number of ether oxygens (including phenoxy) is 1. The predicted octanol–water partition coefficient (Wildman–Crippen LogP) is 3.09. The minimum absolute atomic E-state index is 0.657. The van der Waals surface area contributed by atoms with Crippen molar-refractivity contribution in [2.75, 3.05) is 29.9 Å². The second kappa shape index (κ2) is 7.49. The molecule has 0 aliphatic carbocycles. The van der Waals surface area contributed by atoms with Gasteiger partial charge in [-0.05, 0) is 26.3 Å². The highest BCUT2D eigenvalue weighted by molar-refractivity contribution is 9.09. The summed E-state index contributed by atoms with van der Waals surface area (Å²) in [6.45, 7) is 6.75. The van der Waals surface area contributed by atoms with Gasteiger partial charge >= 0.3 is 0 Å². The number of hydrogen-bond acceptors (Lipinski definition) is 3. The number of aromatic nitrogens is 1. The maximum atomic E-state index is 5.40. The Bertz CT molecular complexity index is 307. The number of alkyl halides is 1. The molecule has 0 bridgehead atoms. The molecule has 0 saturated heterocycles. The molecule has 90 valence electrons. The largest absolute Gasteiger partial charge is 0.478 e. The zero-order valence-electron chi connectivity index (χ0n) is 9.95. The van der Waals surface area contributed by atoms with Crippen LogP contribution in [0.4, 0.5) is 5.82 Å². The summed E-state index contributed by atoms with van der Waals surface area (Å²) in [4.78, 5) is 6.73. The first-order chi connectivity index (χ1) is 7.81. The molecule has 1 aromatic rings. The first-order valence-electron chi connectivity index (χ1n) is 5.72. The molecule has 3 nitrogen and oxygen atoms in total. The molecule has 0 aromatic carbocycles. The third-order valence-electron chi connectivity index (χ3n) is 2.27. The number of anilines is 1. The highest BCUT2D eigenvalue weighted by atomic mass is 79.9. The van der Waals surface area contributed by atoms with E-state index in [2.05, 4.69) is 32.7 Å². The lowest BCUT2D eigenvalue weighted by Crippen LogP contribution is -2.25. The van der Waals surface area contributed by atoms with E-state index in [1.165, 1.54) is 0 Å². The Labute approximate surface area is 106 Å². The van der Waals surface area contributed by atoms with Crippen LogP contribution in [-0.4, -0.2) is 30.0 Å². The van der Waals surface area contributed by atoms with Gasteiger partial charge in [-0.1, -0.05) is 22.0 Å². The lowest BCUT2D eigenvalue weighted by molar-refractivity contribution is 0.327. The maximum absolute atomic E-state index is 5.40. The summed E-state index contributed by atoms with van der Waals surface area (Å²) < 4.78 is 5.40. The lowest BCUT2D eigenvalue weighted by atomic mass is 10.3. The molecular formula is C12H19BrN2O. The fraction of sp³-hybridized carbons (Fsp3) is 0.583. The average molecular weight is 287 g/mol. The van der Waals surface area contributed by atoms with E-state index in [4.69, 9.17) is 4.74 Å². The summed E-state index contributed by atoms with van der Waals surface area (Å²) in [5, 5.41) is 1.02. The molecule has 0 atom stereocenters. The van der Waals surface area contributed by atoms with Crippen molar-refractivity contribution >= 4 is 21.7 Å². The fourth-order valence-corrected chi connectivity index (χ4v) is 1.74. The molecule has 1 heterocycles. The van der Waals surface area contributed by atoms with Crippen LogP contribution in [0.15, 0.2) is 18.2 Å². The number of hydrogen-bond donors (Lipinski definition) is 0. The van der Waals surface area contributed by atoms with E-state index in [1.807, 2.05) is 25.1 Å². The van der Waals surface area contributed by atoms with Crippen LogP contribution in [-0.2, 0) is 0 Å². The molecule has 16 heavy (non-hydrogen) atoms. The molecule has 0 saturated carbocycles. The highest BCUT2D eigenvalue weighted by Crippen LogP contribution is 2.16. The smallest absolute Gasteiger partial charge is 0.215 e. The Kier molecular flexibility index (Phi) is 6.23. The summed E-state index contributed by atoms with van der Waals surface area (Å²) in [5.41, 5.74) is 0. The summed E-state index contributed by atoms with van der Waals surface area (Å²) in [6, 6.07) is 5.91. The van der Waals surface area contributed by atoms with Gasteiger partial charge in [-0.15, -0.1) is 0 Å². The summed E-state index contributed by atoms with van der Waals surface area (Å²) >= 11 is 3.45. The molecule has 4 heteroatoms. The zero-order chi connectivity index (χ0) is 11.8. The van der Waals surface area contributed by atoms with E-state index in [-0.39, 0.29) is 0 Å². The Hall–Kier alpha value is -0.770. The van der Waals surface area contributed by atoms with Crippen molar-refractivity contribution in [1.82, 2.24) is 4.98 Å². The van der Waals surface area contributed by atoms with Crippen molar-refractivity contribution in [2.45, 2.75) is 20.3 Å². The molecular weight excluding hydrogens is 268 g/mol. The van der Waals surface area contributed by atoms with Gasteiger partial charge in [0, 0.05) is 24.5 Å². The van der Waals surface area contributed by atoms with Gasteiger partial charge in [-0.3, -0.25) is 0 Å².